The molecule has 0 aromatic heterocycles. The molecule has 120 valence electrons. The van der Waals surface area contributed by atoms with Gasteiger partial charge in [-0.3, -0.25) is 4.79 Å². The summed E-state index contributed by atoms with van der Waals surface area (Å²) in [6.45, 7) is 8.30. The fourth-order valence-corrected chi connectivity index (χ4v) is 2.52. The highest BCUT2D eigenvalue weighted by atomic mass is 16.3. The highest BCUT2D eigenvalue weighted by Crippen LogP contribution is 2.16. The fourth-order valence-electron chi connectivity index (χ4n) is 2.52. The van der Waals surface area contributed by atoms with Gasteiger partial charge in [0.1, 0.15) is 0 Å². The largest absolute Gasteiger partial charge is 0.395 e. The number of hydrogen-bond donors (Lipinski definition) is 2. The number of carbonyl (C=O) groups excluding carboxylic acids is 1. The van der Waals surface area contributed by atoms with Gasteiger partial charge >= 0.3 is 0 Å². The van der Waals surface area contributed by atoms with Crippen molar-refractivity contribution < 1.29 is 9.90 Å². The molecule has 4 nitrogen and oxygen atoms in total. The van der Waals surface area contributed by atoms with E-state index in [0.717, 1.165) is 25.8 Å². The Hall–Kier alpha value is -0.610. The van der Waals surface area contributed by atoms with Crippen LogP contribution in [0.2, 0.25) is 0 Å². The second-order valence-corrected chi connectivity index (χ2v) is 6.10. The van der Waals surface area contributed by atoms with Gasteiger partial charge in [-0.05, 0) is 31.2 Å². The van der Waals surface area contributed by atoms with Crippen LogP contribution in [0, 0.1) is 11.8 Å². The summed E-state index contributed by atoms with van der Waals surface area (Å²) >= 11 is 0. The maximum atomic E-state index is 12.3. The van der Waals surface area contributed by atoms with Crippen LogP contribution < -0.4 is 5.73 Å². The SMILES string of the molecule is CCCCCCN(CCO)C(=O)C[C@@H](CN)CC(C)C. The van der Waals surface area contributed by atoms with E-state index in [4.69, 9.17) is 10.8 Å². The lowest BCUT2D eigenvalue weighted by Crippen LogP contribution is -2.36. The molecule has 0 saturated heterocycles. The topological polar surface area (TPSA) is 66.6 Å². The minimum atomic E-state index is 0.0387. The van der Waals surface area contributed by atoms with Gasteiger partial charge in [-0.25, -0.2) is 0 Å². The third-order valence-electron chi connectivity index (χ3n) is 3.61. The van der Waals surface area contributed by atoms with Crippen LogP contribution >= 0.6 is 0 Å². The maximum absolute atomic E-state index is 12.3. The maximum Gasteiger partial charge on any atom is 0.222 e. The minimum absolute atomic E-state index is 0.0387. The molecule has 0 heterocycles. The zero-order valence-electron chi connectivity index (χ0n) is 13.6. The van der Waals surface area contributed by atoms with Crippen molar-refractivity contribution in [2.75, 3.05) is 26.2 Å². The predicted octanol–water partition coefficient (Wildman–Crippen LogP) is 2.40. The third-order valence-corrected chi connectivity index (χ3v) is 3.61. The number of nitrogens with two attached hydrogens (primary N) is 1. The highest BCUT2D eigenvalue weighted by Gasteiger charge is 2.18. The lowest BCUT2D eigenvalue weighted by Gasteiger charge is -2.25. The van der Waals surface area contributed by atoms with E-state index in [1.807, 2.05) is 0 Å². The lowest BCUT2D eigenvalue weighted by molar-refractivity contribution is -0.132. The number of unbranched alkanes of at least 4 members (excludes halogenated alkanes) is 3. The van der Waals surface area contributed by atoms with E-state index >= 15 is 0 Å². The molecule has 0 spiro atoms. The number of aliphatic hydroxyl groups excluding tert-OH is 1. The summed E-state index contributed by atoms with van der Waals surface area (Å²) in [5.41, 5.74) is 5.76. The van der Waals surface area contributed by atoms with E-state index in [-0.39, 0.29) is 18.4 Å². The Balaban J connectivity index is 4.24. The molecule has 0 rings (SSSR count). The minimum Gasteiger partial charge on any atom is -0.395 e. The second kappa shape index (κ2) is 12.2. The smallest absolute Gasteiger partial charge is 0.222 e. The monoisotopic (exact) mass is 286 g/mol. The van der Waals surface area contributed by atoms with Gasteiger partial charge < -0.3 is 15.7 Å². The molecule has 20 heavy (non-hydrogen) atoms. The first-order valence-corrected chi connectivity index (χ1v) is 8.13. The van der Waals surface area contributed by atoms with Crippen LogP contribution in [0.1, 0.15) is 59.3 Å². The zero-order valence-corrected chi connectivity index (χ0v) is 13.6. The van der Waals surface area contributed by atoms with E-state index in [1.54, 1.807) is 4.90 Å². The van der Waals surface area contributed by atoms with Gasteiger partial charge in [0.15, 0.2) is 0 Å². The summed E-state index contributed by atoms with van der Waals surface area (Å²) in [6, 6.07) is 0. The number of hydrogen-bond acceptors (Lipinski definition) is 3. The van der Waals surface area contributed by atoms with Gasteiger partial charge in [0.25, 0.3) is 0 Å². The molecule has 0 aliphatic carbocycles. The first-order chi connectivity index (χ1) is 9.54. The highest BCUT2D eigenvalue weighted by molar-refractivity contribution is 5.76. The first-order valence-electron chi connectivity index (χ1n) is 8.13. The van der Waals surface area contributed by atoms with Crippen molar-refractivity contribution in [3.8, 4) is 0 Å². The van der Waals surface area contributed by atoms with Crippen molar-refractivity contribution >= 4 is 5.91 Å². The van der Waals surface area contributed by atoms with Gasteiger partial charge in [-0.1, -0.05) is 40.0 Å². The summed E-state index contributed by atoms with van der Waals surface area (Å²) in [4.78, 5) is 14.1. The van der Waals surface area contributed by atoms with E-state index in [9.17, 15) is 4.79 Å². The van der Waals surface area contributed by atoms with Crippen molar-refractivity contribution in [1.82, 2.24) is 4.90 Å². The molecule has 0 aromatic rings. The Morgan fingerprint density at radius 2 is 1.90 bits per heavy atom. The molecular formula is C16H34N2O2. The van der Waals surface area contributed by atoms with Gasteiger partial charge in [0.2, 0.25) is 5.91 Å². The van der Waals surface area contributed by atoms with Gasteiger partial charge in [0, 0.05) is 19.5 Å². The van der Waals surface area contributed by atoms with Gasteiger partial charge in [-0.15, -0.1) is 0 Å². The van der Waals surface area contributed by atoms with Crippen LogP contribution in [-0.4, -0.2) is 42.2 Å². The van der Waals surface area contributed by atoms with Crippen molar-refractivity contribution in [2.45, 2.75) is 59.3 Å². The number of aliphatic hydroxyl groups is 1. The van der Waals surface area contributed by atoms with Crippen molar-refractivity contribution in [1.29, 1.82) is 0 Å². The number of nitrogens with zero attached hydrogens (tertiary/aromatic N) is 1. The lowest BCUT2D eigenvalue weighted by atomic mass is 9.93. The first kappa shape index (κ1) is 19.4. The molecule has 0 bridgehead atoms. The average molecular weight is 286 g/mol. The van der Waals surface area contributed by atoms with Gasteiger partial charge in [-0.2, -0.15) is 0 Å². The van der Waals surface area contributed by atoms with E-state index in [2.05, 4.69) is 20.8 Å². The quantitative estimate of drug-likeness (QED) is 0.541. The Morgan fingerprint density at radius 3 is 2.40 bits per heavy atom. The Morgan fingerprint density at radius 1 is 1.20 bits per heavy atom. The molecule has 0 aliphatic heterocycles. The third kappa shape index (κ3) is 9.32. The second-order valence-electron chi connectivity index (χ2n) is 6.10. The van der Waals surface area contributed by atoms with Crippen LogP contribution in [0.3, 0.4) is 0 Å². The van der Waals surface area contributed by atoms with Crippen LogP contribution in [0.15, 0.2) is 0 Å². The van der Waals surface area contributed by atoms with Crippen molar-refractivity contribution in [2.24, 2.45) is 17.6 Å². The zero-order chi connectivity index (χ0) is 15.4. The van der Waals surface area contributed by atoms with E-state index in [0.29, 0.717) is 25.4 Å². The van der Waals surface area contributed by atoms with E-state index in [1.165, 1.54) is 12.8 Å². The summed E-state index contributed by atoms with van der Waals surface area (Å²) in [5.74, 6) is 0.971. The normalized spacial score (nSPS) is 12.7. The Bertz CT molecular complexity index is 245. The summed E-state index contributed by atoms with van der Waals surface area (Å²) < 4.78 is 0. The summed E-state index contributed by atoms with van der Waals surface area (Å²) in [5, 5.41) is 9.11. The fraction of sp³-hybridized carbons (Fsp3) is 0.938. The van der Waals surface area contributed by atoms with Crippen LogP contribution in [0.5, 0.6) is 0 Å². The number of amides is 1. The van der Waals surface area contributed by atoms with Crippen LogP contribution in [0.4, 0.5) is 0 Å². The molecule has 1 atom stereocenters. The molecule has 1 amide bonds. The predicted molar refractivity (Wildman–Crippen MR) is 84.4 cm³/mol. The van der Waals surface area contributed by atoms with Crippen LogP contribution in [-0.2, 0) is 4.79 Å². The average Bonchev–Trinajstić information content (AvgIpc) is 2.40. The molecule has 0 fully saturated rings. The molecule has 0 aromatic carbocycles. The molecule has 0 aliphatic rings. The summed E-state index contributed by atoms with van der Waals surface area (Å²) in [7, 11) is 0. The molecular weight excluding hydrogens is 252 g/mol. The Labute approximate surface area is 124 Å². The standard InChI is InChI=1S/C16H34N2O2/c1-4-5-6-7-8-18(9-10-19)16(20)12-15(13-17)11-14(2)3/h14-15,19H,4-13,17H2,1-3H3/t15-/m0/s1. The number of carbonyl (C=O) groups is 1. The summed E-state index contributed by atoms with van der Waals surface area (Å²) in [6.07, 6.45) is 6.08. The molecule has 3 N–H and O–H groups in total. The number of rotatable bonds is 12. The molecule has 0 saturated carbocycles. The molecule has 0 radical (unpaired) electrons. The van der Waals surface area contributed by atoms with Gasteiger partial charge in [0.05, 0.1) is 6.61 Å². The van der Waals surface area contributed by atoms with E-state index < -0.39 is 0 Å². The van der Waals surface area contributed by atoms with Crippen LogP contribution in [0.25, 0.3) is 0 Å². The van der Waals surface area contributed by atoms with Crippen molar-refractivity contribution in [3.05, 3.63) is 0 Å². The molecule has 4 heteroatoms. The Kier molecular flexibility index (Phi) is 11.8. The van der Waals surface area contributed by atoms with Crippen molar-refractivity contribution in [3.63, 3.8) is 0 Å². The molecule has 0 unspecified atom stereocenters.